The van der Waals surface area contributed by atoms with Crippen molar-refractivity contribution in [1.82, 2.24) is 9.38 Å². The van der Waals surface area contributed by atoms with Gasteiger partial charge in [-0.25, -0.2) is 0 Å². The Bertz CT molecular complexity index is 1070. The molecule has 0 N–H and O–H groups in total. The molecule has 0 fully saturated rings. The summed E-state index contributed by atoms with van der Waals surface area (Å²) in [6, 6.07) is 7.27. The van der Waals surface area contributed by atoms with Crippen molar-refractivity contribution in [3.05, 3.63) is 76.9 Å². The molecule has 2 aromatic heterocycles. The Morgan fingerprint density at radius 2 is 2.09 bits per heavy atom. The van der Waals surface area contributed by atoms with Crippen molar-refractivity contribution in [2.45, 2.75) is 6.92 Å². The van der Waals surface area contributed by atoms with Gasteiger partial charge in [0.2, 0.25) is 4.96 Å². The fraction of sp³-hybridized carbons (Fsp3) is 0.0714. The Balaban J connectivity index is 2.26. The van der Waals surface area contributed by atoms with Gasteiger partial charge in [-0.1, -0.05) is 23.5 Å². The molecule has 0 saturated carbocycles. The first kappa shape index (κ1) is 14.1. The summed E-state index contributed by atoms with van der Waals surface area (Å²) >= 11 is 1.08. The third-order valence-electron chi connectivity index (χ3n) is 3.08. The molecule has 0 aliphatic carbocycles. The third kappa shape index (κ3) is 2.40. The Morgan fingerprint density at radius 3 is 2.82 bits per heavy atom. The van der Waals surface area contributed by atoms with Gasteiger partial charge in [-0.05, 0) is 18.6 Å². The molecule has 0 aliphatic heterocycles. The molecule has 110 valence electrons. The van der Waals surface area contributed by atoms with E-state index in [2.05, 4.69) is 4.98 Å². The molecular weight excluding hydrogens is 306 g/mol. The lowest BCUT2D eigenvalue weighted by molar-refractivity contribution is -0.384. The SMILES string of the molecule is Cc1cc(=O)nc2sc(=Cc3cccc([N+](=O)[O-])c3)c(=O)n12. The zero-order valence-electron chi connectivity index (χ0n) is 11.3. The number of rotatable bonds is 2. The van der Waals surface area contributed by atoms with Crippen molar-refractivity contribution in [2.75, 3.05) is 0 Å². The molecule has 2 heterocycles. The van der Waals surface area contributed by atoms with Crippen molar-refractivity contribution in [3.63, 3.8) is 0 Å². The summed E-state index contributed by atoms with van der Waals surface area (Å²) in [4.78, 5) is 38.1. The van der Waals surface area contributed by atoms with Gasteiger partial charge in [0.15, 0.2) is 0 Å². The van der Waals surface area contributed by atoms with Gasteiger partial charge in [0.05, 0.1) is 9.46 Å². The highest BCUT2D eigenvalue weighted by molar-refractivity contribution is 7.15. The largest absolute Gasteiger partial charge is 0.274 e. The van der Waals surface area contributed by atoms with Gasteiger partial charge in [-0.2, -0.15) is 4.98 Å². The van der Waals surface area contributed by atoms with Gasteiger partial charge in [0.1, 0.15) is 0 Å². The molecule has 3 aromatic rings. The Kier molecular flexibility index (Phi) is 3.30. The van der Waals surface area contributed by atoms with Crippen LogP contribution < -0.4 is 15.7 Å². The van der Waals surface area contributed by atoms with Crippen molar-refractivity contribution >= 4 is 28.1 Å². The van der Waals surface area contributed by atoms with E-state index in [1.165, 1.54) is 22.6 Å². The lowest BCUT2D eigenvalue weighted by Crippen LogP contribution is -2.25. The molecule has 7 nitrogen and oxygen atoms in total. The Labute approximate surface area is 126 Å². The maximum atomic E-state index is 12.3. The number of hydrogen-bond donors (Lipinski definition) is 0. The van der Waals surface area contributed by atoms with Crippen LogP contribution in [0, 0.1) is 17.0 Å². The predicted molar refractivity (Wildman–Crippen MR) is 82.2 cm³/mol. The summed E-state index contributed by atoms with van der Waals surface area (Å²) in [7, 11) is 0. The lowest BCUT2D eigenvalue weighted by atomic mass is 10.2. The summed E-state index contributed by atoms with van der Waals surface area (Å²) in [5, 5.41) is 10.8. The van der Waals surface area contributed by atoms with Gasteiger partial charge in [-0.15, -0.1) is 0 Å². The fourth-order valence-corrected chi connectivity index (χ4v) is 3.13. The minimum absolute atomic E-state index is 0.0499. The number of non-ortho nitro benzene ring substituents is 1. The number of nitrogens with zero attached hydrogens (tertiary/aromatic N) is 3. The second-order valence-corrected chi connectivity index (χ2v) is 5.63. The monoisotopic (exact) mass is 315 g/mol. The first-order chi connectivity index (χ1) is 10.5. The van der Waals surface area contributed by atoms with Crippen molar-refractivity contribution in [3.8, 4) is 0 Å². The Hall–Kier alpha value is -2.87. The van der Waals surface area contributed by atoms with E-state index in [0.717, 1.165) is 11.3 Å². The average Bonchev–Trinajstić information content (AvgIpc) is 2.75. The van der Waals surface area contributed by atoms with Gasteiger partial charge in [-0.3, -0.25) is 24.1 Å². The normalized spacial score (nSPS) is 12.0. The minimum atomic E-state index is -0.496. The maximum Gasteiger partial charge on any atom is 0.274 e. The van der Waals surface area contributed by atoms with Crippen LogP contribution in [0.3, 0.4) is 0 Å². The Morgan fingerprint density at radius 1 is 1.32 bits per heavy atom. The van der Waals surface area contributed by atoms with Crippen LogP contribution in [0.2, 0.25) is 0 Å². The number of aryl methyl sites for hydroxylation is 1. The molecule has 0 spiro atoms. The minimum Gasteiger partial charge on any atom is -0.267 e. The van der Waals surface area contributed by atoms with Gasteiger partial charge in [0.25, 0.3) is 16.8 Å². The molecule has 22 heavy (non-hydrogen) atoms. The molecular formula is C14H9N3O4S. The fourth-order valence-electron chi connectivity index (χ4n) is 2.11. The molecule has 0 unspecified atom stereocenters. The smallest absolute Gasteiger partial charge is 0.267 e. The summed E-state index contributed by atoms with van der Waals surface area (Å²) in [5.41, 5.74) is 0.302. The first-order valence-electron chi connectivity index (χ1n) is 6.25. The maximum absolute atomic E-state index is 12.3. The zero-order chi connectivity index (χ0) is 15.9. The van der Waals surface area contributed by atoms with E-state index in [-0.39, 0.29) is 11.2 Å². The van der Waals surface area contributed by atoms with Crippen LogP contribution >= 0.6 is 11.3 Å². The van der Waals surface area contributed by atoms with Gasteiger partial charge in [0, 0.05) is 23.9 Å². The number of benzene rings is 1. The highest BCUT2D eigenvalue weighted by atomic mass is 32.1. The number of nitro benzene ring substituents is 1. The first-order valence-corrected chi connectivity index (χ1v) is 7.07. The molecule has 8 heteroatoms. The summed E-state index contributed by atoms with van der Waals surface area (Å²) in [5.74, 6) is 0. The van der Waals surface area contributed by atoms with Gasteiger partial charge < -0.3 is 0 Å². The van der Waals surface area contributed by atoms with E-state index in [1.807, 2.05) is 0 Å². The van der Waals surface area contributed by atoms with Crippen LogP contribution in [0.4, 0.5) is 5.69 Å². The zero-order valence-corrected chi connectivity index (χ0v) is 12.2. The molecule has 0 atom stereocenters. The number of fused-ring (bicyclic) bond motifs is 1. The second kappa shape index (κ2) is 5.15. The summed E-state index contributed by atoms with van der Waals surface area (Å²) in [6.45, 7) is 1.65. The van der Waals surface area contributed by atoms with E-state index >= 15 is 0 Å². The van der Waals surface area contributed by atoms with Crippen molar-refractivity contribution in [2.24, 2.45) is 0 Å². The van der Waals surface area contributed by atoms with Crippen LogP contribution in [-0.4, -0.2) is 14.3 Å². The second-order valence-electron chi connectivity index (χ2n) is 4.62. The molecule has 0 aliphatic rings. The third-order valence-corrected chi connectivity index (χ3v) is 4.04. The molecule has 1 aromatic carbocycles. The van der Waals surface area contributed by atoms with Crippen LogP contribution in [0.25, 0.3) is 11.0 Å². The van der Waals surface area contributed by atoms with E-state index < -0.39 is 10.5 Å². The molecule has 0 bridgehead atoms. The highest BCUT2D eigenvalue weighted by Crippen LogP contribution is 2.13. The van der Waals surface area contributed by atoms with Crippen molar-refractivity contribution in [1.29, 1.82) is 0 Å². The van der Waals surface area contributed by atoms with Crippen LogP contribution in [0.15, 0.2) is 39.9 Å². The molecule has 0 radical (unpaired) electrons. The average molecular weight is 315 g/mol. The lowest BCUT2D eigenvalue weighted by Gasteiger charge is -1.94. The van der Waals surface area contributed by atoms with Crippen LogP contribution in [-0.2, 0) is 0 Å². The van der Waals surface area contributed by atoms with E-state index in [0.29, 0.717) is 20.8 Å². The predicted octanol–water partition coefficient (Wildman–Crippen LogP) is 0.881. The summed E-state index contributed by atoms with van der Waals surface area (Å²) in [6.07, 6.45) is 1.55. The molecule has 3 rings (SSSR count). The van der Waals surface area contributed by atoms with E-state index in [9.17, 15) is 19.7 Å². The highest BCUT2D eigenvalue weighted by Gasteiger charge is 2.09. The van der Waals surface area contributed by atoms with Crippen LogP contribution in [0.1, 0.15) is 11.3 Å². The van der Waals surface area contributed by atoms with E-state index in [4.69, 9.17) is 0 Å². The van der Waals surface area contributed by atoms with Gasteiger partial charge >= 0.3 is 0 Å². The summed E-state index contributed by atoms with van der Waals surface area (Å²) < 4.78 is 1.72. The standard InChI is InChI=1S/C14H9N3O4S/c1-8-5-12(18)15-14-16(8)13(19)11(22-14)7-9-3-2-4-10(6-9)17(20)21/h2-7H,1H3. The van der Waals surface area contributed by atoms with Crippen molar-refractivity contribution < 1.29 is 4.92 Å². The number of hydrogen-bond acceptors (Lipinski definition) is 6. The quantitative estimate of drug-likeness (QED) is 0.517. The topological polar surface area (TPSA) is 94.6 Å². The molecule has 0 saturated heterocycles. The number of nitro groups is 1. The number of thiazole rings is 1. The van der Waals surface area contributed by atoms with E-state index in [1.54, 1.807) is 25.1 Å². The van der Waals surface area contributed by atoms with Crippen LogP contribution in [0.5, 0.6) is 0 Å². The molecule has 0 amide bonds. The number of aromatic nitrogens is 2.